The minimum Gasteiger partial charge on any atom is -0.468 e. The fourth-order valence-corrected chi connectivity index (χ4v) is 2.18. The standard InChI is InChI=1S/C16H21FN2O/c1-3-18-11-16-13(9-10-20-16)12-19(4-2)15-8-6-5-7-14(15)17/h5-10,18H,3-4,11-12H2,1-2H3. The lowest BCUT2D eigenvalue weighted by Crippen LogP contribution is -2.24. The van der Waals surface area contributed by atoms with Crippen molar-refractivity contribution in [3.8, 4) is 0 Å². The van der Waals surface area contributed by atoms with Gasteiger partial charge in [-0.2, -0.15) is 0 Å². The van der Waals surface area contributed by atoms with Crippen LogP contribution in [0.2, 0.25) is 0 Å². The Morgan fingerprint density at radius 2 is 2.00 bits per heavy atom. The minimum atomic E-state index is -0.189. The van der Waals surface area contributed by atoms with Crippen LogP contribution in [-0.2, 0) is 13.1 Å². The molecular formula is C16H21FN2O. The van der Waals surface area contributed by atoms with Gasteiger partial charge in [-0.05, 0) is 31.7 Å². The van der Waals surface area contributed by atoms with E-state index >= 15 is 0 Å². The fourth-order valence-electron chi connectivity index (χ4n) is 2.18. The van der Waals surface area contributed by atoms with Gasteiger partial charge in [-0.1, -0.05) is 19.1 Å². The summed E-state index contributed by atoms with van der Waals surface area (Å²) < 4.78 is 19.4. The highest BCUT2D eigenvalue weighted by Crippen LogP contribution is 2.22. The quantitative estimate of drug-likeness (QED) is 0.838. The van der Waals surface area contributed by atoms with Crippen molar-refractivity contribution in [1.82, 2.24) is 5.32 Å². The highest BCUT2D eigenvalue weighted by molar-refractivity contribution is 5.48. The molecule has 0 aliphatic rings. The average Bonchev–Trinajstić information content (AvgIpc) is 2.90. The first-order valence-electron chi connectivity index (χ1n) is 7.01. The molecule has 2 aromatic rings. The number of nitrogens with zero attached hydrogens (tertiary/aromatic N) is 1. The van der Waals surface area contributed by atoms with Crippen molar-refractivity contribution in [2.75, 3.05) is 18.0 Å². The summed E-state index contributed by atoms with van der Waals surface area (Å²) in [6, 6.07) is 8.82. The second kappa shape index (κ2) is 7.10. The zero-order chi connectivity index (χ0) is 14.4. The van der Waals surface area contributed by atoms with Gasteiger partial charge >= 0.3 is 0 Å². The van der Waals surface area contributed by atoms with Crippen molar-refractivity contribution in [2.45, 2.75) is 26.9 Å². The first kappa shape index (κ1) is 14.6. The molecule has 0 fully saturated rings. The van der Waals surface area contributed by atoms with Gasteiger partial charge in [0, 0.05) is 18.7 Å². The number of rotatable bonds is 7. The lowest BCUT2D eigenvalue weighted by Gasteiger charge is -2.23. The minimum absolute atomic E-state index is 0.189. The van der Waals surface area contributed by atoms with Gasteiger partial charge in [-0.15, -0.1) is 0 Å². The van der Waals surface area contributed by atoms with Gasteiger partial charge in [0.15, 0.2) is 0 Å². The molecule has 0 amide bonds. The van der Waals surface area contributed by atoms with Crippen LogP contribution in [0.4, 0.5) is 10.1 Å². The second-order valence-electron chi connectivity index (χ2n) is 4.61. The Morgan fingerprint density at radius 1 is 1.20 bits per heavy atom. The van der Waals surface area contributed by atoms with Crippen LogP contribution < -0.4 is 10.2 Å². The molecule has 0 aliphatic heterocycles. The monoisotopic (exact) mass is 276 g/mol. The number of para-hydroxylation sites is 1. The smallest absolute Gasteiger partial charge is 0.146 e. The van der Waals surface area contributed by atoms with E-state index in [2.05, 4.69) is 12.2 Å². The van der Waals surface area contributed by atoms with Gasteiger partial charge in [-0.3, -0.25) is 0 Å². The Hall–Kier alpha value is -1.81. The number of hydrogen-bond acceptors (Lipinski definition) is 3. The topological polar surface area (TPSA) is 28.4 Å². The van der Waals surface area contributed by atoms with Crippen LogP contribution in [0, 0.1) is 5.82 Å². The molecule has 4 heteroatoms. The van der Waals surface area contributed by atoms with Crippen LogP contribution in [-0.4, -0.2) is 13.1 Å². The summed E-state index contributed by atoms with van der Waals surface area (Å²) in [4.78, 5) is 2.01. The van der Waals surface area contributed by atoms with Crippen molar-refractivity contribution in [3.05, 3.63) is 53.7 Å². The largest absolute Gasteiger partial charge is 0.468 e. The third-order valence-electron chi connectivity index (χ3n) is 3.31. The predicted molar refractivity (Wildman–Crippen MR) is 79.2 cm³/mol. The molecule has 1 aromatic carbocycles. The summed E-state index contributed by atoms with van der Waals surface area (Å²) >= 11 is 0. The molecule has 0 atom stereocenters. The number of anilines is 1. The Labute approximate surface area is 119 Å². The number of halogens is 1. The Kier molecular flexibility index (Phi) is 5.18. The van der Waals surface area contributed by atoms with Gasteiger partial charge in [0.1, 0.15) is 11.6 Å². The third kappa shape index (κ3) is 3.39. The molecule has 1 N–H and O–H groups in total. The van der Waals surface area contributed by atoms with Crippen LogP contribution in [0.1, 0.15) is 25.2 Å². The highest BCUT2D eigenvalue weighted by atomic mass is 19.1. The van der Waals surface area contributed by atoms with Crippen LogP contribution in [0.25, 0.3) is 0 Å². The summed E-state index contributed by atoms with van der Waals surface area (Å²) in [5.41, 5.74) is 1.72. The van der Waals surface area contributed by atoms with E-state index in [4.69, 9.17) is 4.42 Å². The Morgan fingerprint density at radius 3 is 2.70 bits per heavy atom. The molecule has 3 nitrogen and oxygen atoms in total. The Bertz CT molecular complexity index is 539. The maximum Gasteiger partial charge on any atom is 0.146 e. The molecule has 0 bridgehead atoms. The van der Waals surface area contributed by atoms with E-state index in [1.54, 1.807) is 12.3 Å². The highest BCUT2D eigenvalue weighted by Gasteiger charge is 2.13. The Balaban J connectivity index is 2.15. The number of furan rings is 1. The second-order valence-corrected chi connectivity index (χ2v) is 4.61. The van der Waals surface area contributed by atoms with Crippen molar-refractivity contribution in [2.24, 2.45) is 0 Å². The molecule has 0 saturated heterocycles. The van der Waals surface area contributed by atoms with E-state index in [0.717, 1.165) is 24.4 Å². The molecule has 108 valence electrons. The van der Waals surface area contributed by atoms with Crippen LogP contribution >= 0.6 is 0 Å². The molecule has 1 aromatic heterocycles. The van der Waals surface area contributed by atoms with Gasteiger partial charge in [0.25, 0.3) is 0 Å². The van der Waals surface area contributed by atoms with Gasteiger partial charge in [0.2, 0.25) is 0 Å². The lowest BCUT2D eigenvalue weighted by atomic mass is 10.2. The van der Waals surface area contributed by atoms with Crippen molar-refractivity contribution < 1.29 is 8.81 Å². The summed E-state index contributed by atoms with van der Waals surface area (Å²) in [5.74, 6) is 0.729. The van der Waals surface area contributed by atoms with E-state index in [1.165, 1.54) is 6.07 Å². The molecule has 0 unspecified atom stereocenters. The molecule has 0 radical (unpaired) electrons. The van der Waals surface area contributed by atoms with Gasteiger partial charge < -0.3 is 14.6 Å². The zero-order valence-electron chi connectivity index (χ0n) is 12.0. The van der Waals surface area contributed by atoms with Crippen molar-refractivity contribution >= 4 is 5.69 Å². The van der Waals surface area contributed by atoms with E-state index in [0.29, 0.717) is 18.8 Å². The number of benzene rings is 1. The summed E-state index contributed by atoms with van der Waals surface area (Å²) in [6.07, 6.45) is 1.69. The van der Waals surface area contributed by atoms with E-state index in [9.17, 15) is 4.39 Å². The summed E-state index contributed by atoms with van der Waals surface area (Å²) in [5, 5.41) is 3.25. The molecule has 0 saturated carbocycles. The molecular weight excluding hydrogens is 255 g/mol. The maximum absolute atomic E-state index is 13.9. The van der Waals surface area contributed by atoms with Crippen LogP contribution in [0.5, 0.6) is 0 Å². The normalized spacial score (nSPS) is 10.8. The van der Waals surface area contributed by atoms with E-state index < -0.39 is 0 Å². The predicted octanol–water partition coefficient (Wildman–Crippen LogP) is 3.55. The van der Waals surface area contributed by atoms with Crippen LogP contribution in [0.15, 0.2) is 41.0 Å². The SMILES string of the molecule is CCNCc1occc1CN(CC)c1ccccc1F. The van der Waals surface area contributed by atoms with Crippen LogP contribution in [0.3, 0.4) is 0 Å². The fraction of sp³-hybridized carbons (Fsp3) is 0.375. The average molecular weight is 276 g/mol. The molecule has 0 aliphatic carbocycles. The molecule has 2 rings (SSSR count). The van der Waals surface area contributed by atoms with E-state index in [1.807, 2.05) is 30.0 Å². The number of nitrogens with one attached hydrogen (secondary N) is 1. The summed E-state index contributed by atoms with van der Waals surface area (Å²) in [6.45, 7) is 7.07. The zero-order valence-corrected chi connectivity index (χ0v) is 12.0. The molecule has 1 heterocycles. The maximum atomic E-state index is 13.9. The lowest BCUT2D eigenvalue weighted by molar-refractivity contribution is 0.482. The molecule has 0 spiro atoms. The number of hydrogen-bond donors (Lipinski definition) is 1. The van der Waals surface area contributed by atoms with E-state index in [-0.39, 0.29) is 5.82 Å². The first-order chi connectivity index (χ1) is 9.76. The van der Waals surface area contributed by atoms with Gasteiger partial charge in [0.05, 0.1) is 18.5 Å². The third-order valence-corrected chi connectivity index (χ3v) is 3.31. The summed E-state index contributed by atoms with van der Waals surface area (Å²) in [7, 11) is 0. The van der Waals surface area contributed by atoms with Crippen molar-refractivity contribution in [3.63, 3.8) is 0 Å². The van der Waals surface area contributed by atoms with Gasteiger partial charge in [-0.25, -0.2) is 4.39 Å². The van der Waals surface area contributed by atoms with Crippen molar-refractivity contribution in [1.29, 1.82) is 0 Å². The molecule has 20 heavy (non-hydrogen) atoms. The first-order valence-corrected chi connectivity index (χ1v) is 7.01.